The van der Waals surface area contributed by atoms with E-state index in [-0.39, 0.29) is 4.83 Å². The fourth-order valence-electron chi connectivity index (χ4n) is 1.40. The van der Waals surface area contributed by atoms with E-state index in [0.29, 0.717) is 0 Å². The normalized spacial score (nSPS) is 12.4. The number of benzene rings is 1. The summed E-state index contributed by atoms with van der Waals surface area (Å²) in [6.45, 7) is 0. The molecule has 1 nitrogen and oxygen atoms in total. The average Bonchev–Trinajstić information content (AvgIpc) is 2.81. The Kier molecular flexibility index (Phi) is 3.44. The minimum absolute atomic E-state index is 0.257. The molecule has 1 aromatic carbocycles. The summed E-state index contributed by atoms with van der Waals surface area (Å²) >= 11 is 5.44. The summed E-state index contributed by atoms with van der Waals surface area (Å²) in [7, 11) is 1.69. The first-order valence-electron chi connectivity index (χ1n) is 4.62. The molecule has 0 saturated heterocycles. The molecule has 0 aliphatic rings. The summed E-state index contributed by atoms with van der Waals surface area (Å²) < 4.78 is 5.20. The fraction of sp³-hybridized carbons (Fsp3) is 0.167. The van der Waals surface area contributed by atoms with Gasteiger partial charge in [-0.05, 0) is 29.1 Å². The van der Waals surface area contributed by atoms with Crippen molar-refractivity contribution in [2.45, 2.75) is 4.83 Å². The average molecular weight is 283 g/mol. The highest BCUT2D eigenvalue weighted by molar-refractivity contribution is 9.09. The van der Waals surface area contributed by atoms with Crippen molar-refractivity contribution in [1.29, 1.82) is 0 Å². The second kappa shape index (κ2) is 4.81. The van der Waals surface area contributed by atoms with Gasteiger partial charge in [0, 0.05) is 4.88 Å². The van der Waals surface area contributed by atoms with Gasteiger partial charge >= 0.3 is 0 Å². The van der Waals surface area contributed by atoms with E-state index in [1.165, 1.54) is 10.4 Å². The summed E-state index contributed by atoms with van der Waals surface area (Å²) in [6, 6.07) is 12.3. The maximum absolute atomic E-state index is 5.20. The van der Waals surface area contributed by atoms with Gasteiger partial charge in [-0.25, -0.2) is 0 Å². The lowest BCUT2D eigenvalue weighted by Crippen LogP contribution is -1.90. The number of ether oxygens (including phenoxy) is 1. The number of halogens is 1. The molecule has 78 valence electrons. The number of alkyl halides is 1. The number of hydrogen-bond acceptors (Lipinski definition) is 2. The number of rotatable bonds is 3. The van der Waals surface area contributed by atoms with Crippen molar-refractivity contribution in [3.8, 4) is 5.75 Å². The summed E-state index contributed by atoms with van der Waals surface area (Å²) in [5.41, 5.74) is 1.22. The van der Waals surface area contributed by atoms with Crippen molar-refractivity contribution >= 4 is 27.3 Å². The van der Waals surface area contributed by atoms with Gasteiger partial charge in [0.05, 0.1) is 11.9 Å². The number of thiophene rings is 1. The monoisotopic (exact) mass is 282 g/mol. The minimum atomic E-state index is 0.257. The molecule has 3 heteroatoms. The molecule has 0 radical (unpaired) electrons. The third kappa shape index (κ3) is 2.41. The van der Waals surface area contributed by atoms with E-state index in [0.717, 1.165) is 5.75 Å². The highest BCUT2D eigenvalue weighted by Gasteiger charge is 2.11. The molecule has 0 amide bonds. The van der Waals surface area contributed by atoms with Crippen molar-refractivity contribution in [3.63, 3.8) is 0 Å². The van der Waals surface area contributed by atoms with Gasteiger partial charge in [0.2, 0.25) is 0 Å². The van der Waals surface area contributed by atoms with Gasteiger partial charge in [0.25, 0.3) is 0 Å². The van der Waals surface area contributed by atoms with E-state index < -0.39 is 0 Å². The SMILES string of the molecule is COc1cccc(C(Br)c2cccs2)c1. The maximum atomic E-state index is 5.20. The van der Waals surface area contributed by atoms with Gasteiger partial charge in [-0.1, -0.05) is 34.1 Å². The predicted octanol–water partition coefficient (Wildman–Crippen LogP) is 4.24. The van der Waals surface area contributed by atoms with Crippen molar-refractivity contribution in [2.75, 3.05) is 7.11 Å². The van der Waals surface area contributed by atoms with Crippen molar-refractivity contribution in [2.24, 2.45) is 0 Å². The predicted molar refractivity (Wildman–Crippen MR) is 68.1 cm³/mol. The molecule has 0 bridgehead atoms. The molecule has 1 atom stereocenters. The molecule has 0 aliphatic carbocycles. The second-order valence-electron chi connectivity index (χ2n) is 3.15. The van der Waals surface area contributed by atoms with Gasteiger partial charge in [0.1, 0.15) is 5.75 Å². The Hall–Kier alpha value is -0.800. The number of hydrogen-bond donors (Lipinski definition) is 0. The van der Waals surface area contributed by atoms with Gasteiger partial charge < -0.3 is 4.74 Å². The van der Waals surface area contributed by atoms with E-state index >= 15 is 0 Å². The van der Waals surface area contributed by atoms with E-state index in [2.05, 4.69) is 45.6 Å². The molecule has 0 fully saturated rings. The molecule has 1 unspecified atom stereocenters. The summed E-state index contributed by atoms with van der Waals surface area (Å²) in [5.74, 6) is 0.897. The van der Waals surface area contributed by atoms with Crippen molar-refractivity contribution in [1.82, 2.24) is 0 Å². The molecule has 0 spiro atoms. The van der Waals surface area contributed by atoms with Gasteiger partial charge in [-0.15, -0.1) is 11.3 Å². The van der Waals surface area contributed by atoms with Gasteiger partial charge in [-0.2, -0.15) is 0 Å². The van der Waals surface area contributed by atoms with Crippen LogP contribution in [0.2, 0.25) is 0 Å². The zero-order valence-electron chi connectivity index (χ0n) is 8.31. The lowest BCUT2D eigenvalue weighted by Gasteiger charge is -2.09. The van der Waals surface area contributed by atoms with E-state index in [4.69, 9.17) is 4.74 Å². The standard InChI is InChI=1S/C12H11BrOS/c1-14-10-5-2-4-9(8-10)12(13)11-6-3-7-15-11/h2-8,12H,1H3. The molecule has 2 rings (SSSR count). The molecular formula is C12H11BrOS. The Morgan fingerprint density at radius 1 is 1.27 bits per heavy atom. The van der Waals surface area contributed by atoms with Crippen molar-refractivity contribution < 1.29 is 4.74 Å². The van der Waals surface area contributed by atoms with E-state index in [9.17, 15) is 0 Å². The van der Waals surface area contributed by atoms with Gasteiger partial charge in [0.15, 0.2) is 0 Å². The first-order valence-corrected chi connectivity index (χ1v) is 6.42. The van der Waals surface area contributed by atoms with E-state index in [1.54, 1.807) is 18.4 Å². The topological polar surface area (TPSA) is 9.23 Å². The molecule has 1 heterocycles. The first kappa shape index (κ1) is 10.7. The molecule has 2 aromatic rings. The smallest absolute Gasteiger partial charge is 0.119 e. The summed E-state index contributed by atoms with van der Waals surface area (Å²) in [6.07, 6.45) is 0. The van der Waals surface area contributed by atoms with Crippen molar-refractivity contribution in [3.05, 3.63) is 52.2 Å². The fourth-order valence-corrected chi connectivity index (χ4v) is 2.89. The van der Waals surface area contributed by atoms with Crippen LogP contribution in [-0.2, 0) is 0 Å². The Bertz CT molecular complexity index is 425. The largest absolute Gasteiger partial charge is 0.497 e. The Balaban J connectivity index is 2.29. The van der Waals surface area contributed by atoms with Crippen LogP contribution in [0.1, 0.15) is 15.3 Å². The first-order chi connectivity index (χ1) is 7.31. The van der Waals surface area contributed by atoms with Crippen LogP contribution in [0.25, 0.3) is 0 Å². The molecule has 0 N–H and O–H groups in total. The third-order valence-electron chi connectivity index (χ3n) is 2.18. The van der Waals surface area contributed by atoms with Crippen LogP contribution in [-0.4, -0.2) is 7.11 Å². The molecule has 0 saturated carbocycles. The zero-order chi connectivity index (χ0) is 10.7. The Labute approximate surface area is 102 Å². The quantitative estimate of drug-likeness (QED) is 0.765. The van der Waals surface area contributed by atoms with Crippen LogP contribution in [0.4, 0.5) is 0 Å². The zero-order valence-corrected chi connectivity index (χ0v) is 10.7. The van der Waals surface area contributed by atoms with E-state index in [1.807, 2.05) is 12.1 Å². The van der Waals surface area contributed by atoms with Crippen LogP contribution < -0.4 is 4.74 Å². The minimum Gasteiger partial charge on any atom is -0.497 e. The summed E-state index contributed by atoms with van der Waals surface area (Å²) in [5, 5.41) is 2.09. The van der Waals surface area contributed by atoms with Gasteiger partial charge in [-0.3, -0.25) is 0 Å². The van der Waals surface area contributed by atoms with Crippen LogP contribution in [0, 0.1) is 0 Å². The maximum Gasteiger partial charge on any atom is 0.119 e. The Morgan fingerprint density at radius 2 is 2.13 bits per heavy atom. The van der Waals surface area contributed by atoms with Crippen LogP contribution in [0.15, 0.2) is 41.8 Å². The third-order valence-corrected chi connectivity index (χ3v) is 4.44. The summed E-state index contributed by atoms with van der Waals surface area (Å²) in [4.78, 5) is 1.57. The van der Waals surface area contributed by atoms with Crippen LogP contribution in [0.5, 0.6) is 5.75 Å². The number of methoxy groups -OCH3 is 1. The van der Waals surface area contributed by atoms with Crippen LogP contribution >= 0.6 is 27.3 Å². The lowest BCUT2D eigenvalue weighted by molar-refractivity contribution is 0.414. The van der Waals surface area contributed by atoms with Crippen LogP contribution in [0.3, 0.4) is 0 Å². The molecule has 15 heavy (non-hydrogen) atoms. The highest BCUT2D eigenvalue weighted by atomic mass is 79.9. The lowest BCUT2D eigenvalue weighted by atomic mass is 10.1. The second-order valence-corrected chi connectivity index (χ2v) is 5.05. The molecule has 1 aromatic heterocycles. The molecule has 0 aliphatic heterocycles. The Morgan fingerprint density at radius 3 is 2.80 bits per heavy atom. The highest BCUT2D eigenvalue weighted by Crippen LogP contribution is 2.34. The molecular weight excluding hydrogens is 272 g/mol.